The third-order valence-electron chi connectivity index (χ3n) is 5.97. The van der Waals surface area contributed by atoms with Crippen molar-refractivity contribution < 1.29 is 9.53 Å². The van der Waals surface area contributed by atoms with Gasteiger partial charge in [0.1, 0.15) is 11.4 Å². The van der Waals surface area contributed by atoms with Crippen LogP contribution in [0.1, 0.15) is 51.1 Å². The van der Waals surface area contributed by atoms with Crippen molar-refractivity contribution in [3.8, 4) is 5.75 Å². The van der Waals surface area contributed by atoms with Crippen molar-refractivity contribution in [2.24, 2.45) is 11.7 Å². The Kier molecular flexibility index (Phi) is 5.35. The van der Waals surface area contributed by atoms with E-state index < -0.39 is 6.04 Å². The molecule has 2 heterocycles. The highest BCUT2D eigenvalue weighted by Crippen LogP contribution is 2.44. The van der Waals surface area contributed by atoms with Crippen LogP contribution >= 0.6 is 0 Å². The number of carbonyl (C=O) groups is 1. The highest BCUT2D eigenvalue weighted by Gasteiger charge is 2.43. The molecule has 1 spiro atoms. The van der Waals surface area contributed by atoms with Crippen LogP contribution in [-0.2, 0) is 4.79 Å². The quantitative estimate of drug-likeness (QED) is 0.880. The molecule has 3 atom stereocenters. The minimum absolute atomic E-state index is 0.0315. The first-order valence-corrected chi connectivity index (χ1v) is 9.46. The first-order valence-electron chi connectivity index (χ1n) is 9.46. The first kappa shape index (κ1) is 18.2. The summed E-state index contributed by atoms with van der Waals surface area (Å²) in [6.45, 7) is 6.14. The fourth-order valence-corrected chi connectivity index (χ4v) is 3.86. The van der Waals surface area contributed by atoms with Crippen molar-refractivity contribution in [2.45, 2.75) is 57.2 Å². The highest BCUT2D eigenvalue weighted by atomic mass is 16.5. The van der Waals surface area contributed by atoms with Crippen LogP contribution in [0.4, 0.5) is 0 Å². The standard InChI is InChI=1S/C20H31N3O2/c1-4-14(2)18(21)19(24)22-16-13-20(9-11-23(3)12-10-20)25-17-8-6-5-7-15(16)17/h5-8,14,16,18H,4,9-13,21H2,1-3H3,(H,22,24). The fourth-order valence-electron chi connectivity index (χ4n) is 3.86. The number of rotatable bonds is 4. The van der Waals surface area contributed by atoms with Gasteiger partial charge >= 0.3 is 0 Å². The van der Waals surface area contributed by atoms with Crippen molar-refractivity contribution in [1.29, 1.82) is 0 Å². The Labute approximate surface area is 150 Å². The second-order valence-corrected chi connectivity index (χ2v) is 7.80. The maximum absolute atomic E-state index is 12.7. The molecule has 3 unspecified atom stereocenters. The van der Waals surface area contributed by atoms with Gasteiger partial charge < -0.3 is 20.7 Å². The molecule has 5 heteroatoms. The van der Waals surface area contributed by atoms with Gasteiger partial charge in [0.25, 0.3) is 0 Å². The molecule has 5 nitrogen and oxygen atoms in total. The second-order valence-electron chi connectivity index (χ2n) is 7.80. The van der Waals surface area contributed by atoms with E-state index >= 15 is 0 Å². The van der Waals surface area contributed by atoms with Gasteiger partial charge in [-0.25, -0.2) is 0 Å². The fraction of sp³-hybridized carbons (Fsp3) is 0.650. The van der Waals surface area contributed by atoms with Crippen LogP contribution in [0.3, 0.4) is 0 Å². The summed E-state index contributed by atoms with van der Waals surface area (Å²) in [6.07, 6.45) is 3.69. The Morgan fingerprint density at radius 2 is 2.08 bits per heavy atom. The maximum Gasteiger partial charge on any atom is 0.237 e. The Hall–Kier alpha value is -1.59. The molecule has 0 saturated carbocycles. The largest absolute Gasteiger partial charge is 0.487 e. The number of carbonyl (C=O) groups excluding carboxylic acids is 1. The first-order chi connectivity index (χ1) is 11.9. The zero-order valence-corrected chi connectivity index (χ0v) is 15.6. The molecule has 25 heavy (non-hydrogen) atoms. The van der Waals surface area contributed by atoms with Crippen LogP contribution in [0.2, 0.25) is 0 Å². The van der Waals surface area contributed by atoms with Crippen molar-refractivity contribution >= 4 is 5.91 Å². The van der Waals surface area contributed by atoms with E-state index in [1.54, 1.807) is 0 Å². The lowest BCUT2D eigenvalue weighted by atomic mass is 9.80. The smallest absolute Gasteiger partial charge is 0.237 e. The van der Waals surface area contributed by atoms with Crippen LogP contribution in [0.25, 0.3) is 0 Å². The van der Waals surface area contributed by atoms with Crippen LogP contribution in [0, 0.1) is 5.92 Å². The lowest BCUT2D eigenvalue weighted by molar-refractivity contribution is -0.125. The van der Waals surface area contributed by atoms with Crippen molar-refractivity contribution in [1.82, 2.24) is 10.2 Å². The average molecular weight is 345 g/mol. The summed E-state index contributed by atoms with van der Waals surface area (Å²) in [7, 11) is 2.15. The number of amides is 1. The molecular formula is C20H31N3O2. The van der Waals surface area contributed by atoms with Gasteiger partial charge in [-0.15, -0.1) is 0 Å². The number of piperidine rings is 1. The molecule has 3 N–H and O–H groups in total. The normalized spacial score (nSPS) is 24.9. The van der Waals surface area contributed by atoms with E-state index in [1.165, 1.54) is 0 Å². The zero-order valence-electron chi connectivity index (χ0n) is 15.6. The molecule has 1 aromatic carbocycles. The number of para-hydroxylation sites is 1. The number of fused-ring (bicyclic) bond motifs is 1. The molecule has 1 saturated heterocycles. The van der Waals surface area contributed by atoms with E-state index in [-0.39, 0.29) is 23.5 Å². The molecule has 1 amide bonds. The topological polar surface area (TPSA) is 67.6 Å². The van der Waals surface area contributed by atoms with Gasteiger partial charge in [-0.05, 0) is 31.9 Å². The summed E-state index contributed by atoms with van der Waals surface area (Å²) in [5, 5.41) is 3.22. The van der Waals surface area contributed by atoms with Crippen LogP contribution in [-0.4, -0.2) is 42.6 Å². The van der Waals surface area contributed by atoms with Gasteiger partial charge in [-0.2, -0.15) is 0 Å². The molecule has 1 aromatic rings. The summed E-state index contributed by atoms with van der Waals surface area (Å²) in [5.74, 6) is 1.02. The Bertz CT molecular complexity index is 611. The van der Waals surface area contributed by atoms with Crippen LogP contribution in [0.5, 0.6) is 5.75 Å². The van der Waals surface area contributed by atoms with E-state index in [0.29, 0.717) is 0 Å². The van der Waals surface area contributed by atoms with Gasteiger partial charge in [0.05, 0.1) is 12.1 Å². The van der Waals surface area contributed by atoms with Crippen LogP contribution < -0.4 is 15.8 Å². The molecule has 0 bridgehead atoms. The number of likely N-dealkylation sites (tertiary alicyclic amines) is 1. The lowest BCUT2D eigenvalue weighted by Gasteiger charge is -2.46. The van der Waals surface area contributed by atoms with Gasteiger partial charge in [0.2, 0.25) is 5.91 Å². The summed E-state index contributed by atoms with van der Waals surface area (Å²) in [5.41, 5.74) is 7.03. The highest BCUT2D eigenvalue weighted by molar-refractivity contribution is 5.82. The Morgan fingerprint density at radius 3 is 2.76 bits per heavy atom. The number of benzene rings is 1. The minimum Gasteiger partial charge on any atom is -0.487 e. The molecule has 0 radical (unpaired) electrons. The van der Waals surface area contributed by atoms with Gasteiger partial charge in [0.15, 0.2) is 0 Å². The number of nitrogens with zero attached hydrogens (tertiary/aromatic N) is 1. The van der Waals surface area contributed by atoms with Gasteiger partial charge in [0, 0.05) is 25.1 Å². The third kappa shape index (κ3) is 3.82. The van der Waals surface area contributed by atoms with Crippen LogP contribution in [0.15, 0.2) is 24.3 Å². The summed E-state index contributed by atoms with van der Waals surface area (Å²) >= 11 is 0. The Balaban J connectivity index is 1.81. The molecule has 1 fully saturated rings. The van der Waals surface area contributed by atoms with Crippen molar-refractivity contribution in [3.05, 3.63) is 29.8 Å². The zero-order chi connectivity index (χ0) is 18.0. The van der Waals surface area contributed by atoms with E-state index in [9.17, 15) is 4.79 Å². The average Bonchev–Trinajstić information content (AvgIpc) is 2.63. The van der Waals surface area contributed by atoms with Gasteiger partial charge in [-0.3, -0.25) is 4.79 Å². The van der Waals surface area contributed by atoms with Gasteiger partial charge in [-0.1, -0.05) is 38.5 Å². The predicted octanol–water partition coefficient (Wildman–Crippen LogP) is 2.46. The number of hydrogen-bond acceptors (Lipinski definition) is 4. The van der Waals surface area contributed by atoms with E-state index in [4.69, 9.17) is 10.5 Å². The lowest BCUT2D eigenvalue weighted by Crippen LogP contribution is -2.53. The van der Waals surface area contributed by atoms with E-state index in [2.05, 4.69) is 30.3 Å². The molecule has 2 aliphatic rings. The number of hydrogen-bond donors (Lipinski definition) is 2. The molecule has 0 aromatic heterocycles. The summed E-state index contributed by atoms with van der Waals surface area (Å²) in [4.78, 5) is 15.0. The third-order valence-corrected chi connectivity index (χ3v) is 5.97. The molecule has 138 valence electrons. The minimum atomic E-state index is -0.464. The number of nitrogens with one attached hydrogen (secondary N) is 1. The SMILES string of the molecule is CCC(C)C(N)C(=O)NC1CC2(CCN(C)CC2)Oc2ccccc21. The van der Waals surface area contributed by atoms with Crippen molar-refractivity contribution in [2.75, 3.05) is 20.1 Å². The Morgan fingerprint density at radius 1 is 1.40 bits per heavy atom. The maximum atomic E-state index is 12.7. The molecular weight excluding hydrogens is 314 g/mol. The second kappa shape index (κ2) is 7.34. The number of nitrogens with two attached hydrogens (primary N) is 1. The monoisotopic (exact) mass is 345 g/mol. The van der Waals surface area contributed by atoms with E-state index in [0.717, 1.165) is 50.1 Å². The van der Waals surface area contributed by atoms with E-state index in [1.807, 2.05) is 25.1 Å². The molecule has 0 aliphatic carbocycles. The molecule has 3 rings (SSSR count). The summed E-state index contributed by atoms with van der Waals surface area (Å²) < 4.78 is 6.44. The molecule has 2 aliphatic heterocycles. The predicted molar refractivity (Wildman–Crippen MR) is 99.5 cm³/mol. The van der Waals surface area contributed by atoms with Crippen molar-refractivity contribution in [3.63, 3.8) is 0 Å². The summed E-state index contributed by atoms with van der Waals surface area (Å²) in [6, 6.07) is 7.57. The number of ether oxygens (including phenoxy) is 1.